The van der Waals surface area contributed by atoms with Gasteiger partial charge in [0, 0.05) is 18.2 Å². The first-order valence-corrected chi connectivity index (χ1v) is 10.5. The molecule has 174 valence electrons. The fourth-order valence-corrected chi connectivity index (χ4v) is 3.78. The van der Waals surface area contributed by atoms with Gasteiger partial charge < -0.3 is 9.15 Å². The summed E-state index contributed by atoms with van der Waals surface area (Å²) in [6, 6.07) is 20.0. The van der Waals surface area contributed by atoms with Crippen LogP contribution in [0.4, 0.5) is 5.88 Å². The van der Waals surface area contributed by atoms with E-state index in [9.17, 15) is 19.6 Å². The number of methoxy groups -OCH3 is 1. The van der Waals surface area contributed by atoms with E-state index in [1.54, 1.807) is 24.3 Å². The second kappa shape index (κ2) is 9.49. The lowest BCUT2D eigenvalue weighted by atomic mass is 9.95. The van der Waals surface area contributed by atoms with Crippen LogP contribution in [0.5, 0.6) is 0 Å². The number of carbonyl (C=O) groups is 2. The van der Waals surface area contributed by atoms with E-state index >= 15 is 0 Å². The fourth-order valence-electron chi connectivity index (χ4n) is 3.78. The Balaban J connectivity index is 1.94. The fraction of sp³-hybridized carbons (Fsp3) is 0.115. The standard InChI is InChI=1S/C26H20N4O5/c1-15-19(26(33)34-3)18(14-27)24(35-15)28-23(31)21-20(16-10-6-4-7-11-16)22(29-30(2)25(21)32)17-12-8-5-9-13-17/h4-13H,1-3H3,(H,28,31). The van der Waals surface area contributed by atoms with E-state index < -0.39 is 17.4 Å². The van der Waals surface area contributed by atoms with Gasteiger partial charge in [-0.2, -0.15) is 10.4 Å². The predicted molar refractivity (Wildman–Crippen MR) is 128 cm³/mol. The predicted octanol–water partition coefficient (Wildman–Crippen LogP) is 3.93. The number of aryl methyl sites for hydroxylation is 2. The highest BCUT2D eigenvalue weighted by molar-refractivity contribution is 6.11. The lowest BCUT2D eigenvalue weighted by Crippen LogP contribution is -2.31. The van der Waals surface area contributed by atoms with E-state index in [0.717, 1.165) is 4.68 Å². The number of anilines is 1. The largest absolute Gasteiger partial charge is 0.465 e. The number of carbonyl (C=O) groups excluding carboxylic acids is 2. The van der Waals surface area contributed by atoms with Crippen LogP contribution in [0.1, 0.15) is 32.0 Å². The van der Waals surface area contributed by atoms with Gasteiger partial charge in [-0.1, -0.05) is 60.7 Å². The Hall–Kier alpha value is -4.97. The van der Waals surface area contributed by atoms with Crippen molar-refractivity contribution in [2.75, 3.05) is 12.4 Å². The number of nitrogens with zero attached hydrogens (tertiary/aromatic N) is 3. The summed E-state index contributed by atoms with van der Waals surface area (Å²) in [6.07, 6.45) is 0. The molecule has 0 aliphatic heterocycles. The van der Waals surface area contributed by atoms with Crippen molar-refractivity contribution in [1.29, 1.82) is 5.26 Å². The number of rotatable bonds is 5. The van der Waals surface area contributed by atoms with E-state index in [0.29, 0.717) is 22.4 Å². The molecule has 1 amide bonds. The first-order valence-electron chi connectivity index (χ1n) is 10.5. The minimum Gasteiger partial charge on any atom is -0.465 e. The van der Waals surface area contributed by atoms with E-state index in [2.05, 4.69) is 10.4 Å². The van der Waals surface area contributed by atoms with Crippen molar-refractivity contribution in [1.82, 2.24) is 9.78 Å². The molecule has 0 bridgehead atoms. The molecule has 9 heteroatoms. The first kappa shape index (κ1) is 23.2. The lowest BCUT2D eigenvalue weighted by molar-refractivity contribution is 0.0598. The topological polar surface area (TPSA) is 127 Å². The van der Waals surface area contributed by atoms with Gasteiger partial charge in [0.2, 0.25) is 5.88 Å². The summed E-state index contributed by atoms with van der Waals surface area (Å²) in [5.74, 6) is -1.75. The number of esters is 1. The van der Waals surface area contributed by atoms with E-state index in [1.165, 1.54) is 21.1 Å². The zero-order chi connectivity index (χ0) is 25.1. The molecule has 0 saturated heterocycles. The highest BCUT2D eigenvalue weighted by atomic mass is 16.5. The minimum atomic E-state index is -0.814. The third-order valence-electron chi connectivity index (χ3n) is 5.39. The number of nitriles is 1. The molecule has 2 heterocycles. The van der Waals surface area contributed by atoms with Crippen molar-refractivity contribution in [3.8, 4) is 28.5 Å². The highest BCUT2D eigenvalue weighted by Gasteiger charge is 2.29. The van der Waals surface area contributed by atoms with Crippen molar-refractivity contribution in [3.63, 3.8) is 0 Å². The van der Waals surface area contributed by atoms with Gasteiger partial charge in [-0.3, -0.25) is 14.9 Å². The Morgan fingerprint density at radius 3 is 2.20 bits per heavy atom. The number of benzene rings is 2. The van der Waals surface area contributed by atoms with Crippen LogP contribution < -0.4 is 10.9 Å². The monoisotopic (exact) mass is 468 g/mol. The van der Waals surface area contributed by atoms with Gasteiger partial charge in [-0.25, -0.2) is 9.48 Å². The number of ether oxygens (including phenoxy) is 1. The van der Waals surface area contributed by atoms with E-state index in [1.807, 2.05) is 42.5 Å². The maximum atomic E-state index is 13.6. The second-order valence-corrected chi connectivity index (χ2v) is 7.55. The average Bonchev–Trinajstić information content (AvgIpc) is 3.20. The van der Waals surface area contributed by atoms with Crippen molar-refractivity contribution in [2.45, 2.75) is 6.92 Å². The van der Waals surface area contributed by atoms with Crippen LogP contribution in [0.25, 0.3) is 22.4 Å². The summed E-state index contributed by atoms with van der Waals surface area (Å²) in [5, 5.41) is 16.6. The third kappa shape index (κ3) is 4.20. The molecule has 4 rings (SSSR count). The van der Waals surface area contributed by atoms with Crippen LogP contribution in [-0.2, 0) is 11.8 Å². The summed E-state index contributed by atoms with van der Waals surface area (Å²) in [5.41, 5.74) is 0.937. The second-order valence-electron chi connectivity index (χ2n) is 7.55. The zero-order valence-corrected chi connectivity index (χ0v) is 19.2. The van der Waals surface area contributed by atoms with E-state index in [4.69, 9.17) is 9.15 Å². The van der Waals surface area contributed by atoms with Crippen LogP contribution in [-0.4, -0.2) is 28.8 Å². The maximum absolute atomic E-state index is 13.6. The van der Waals surface area contributed by atoms with Crippen LogP contribution in [0, 0.1) is 18.3 Å². The van der Waals surface area contributed by atoms with Crippen LogP contribution in [0.2, 0.25) is 0 Å². The van der Waals surface area contributed by atoms with Crippen molar-refractivity contribution in [2.24, 2.45) is 7.05 Å². The quantitative estimate of drug-likeness (QED) is 0.440. The van der Waals surface area contributed by atoms with Gasteiger partial charge in [0.25, 0.3) is 11.5 Å². The van der Waals surface area contributed by atoms with Crippen molar-refractivity contribution in [3.05, 3.63) is 93.5 Å². The summed E-state index contributed by atoms with van der Waals surface area (Å²) >= 11 is 0. The molecule has 0 radical (unpaired) electrons. The zero-order valence-electron chi connectivity index (χ0n) is 19.2. The Labute approximate surface area is 200 Å². The molecule has 1 N–H and O–H groups in total. The van der Waals surface area contributed by atoms with Crippen LogP contribution in [0.3, 0.4) is 0 Å². The normalized spacial score (nSPS) is 10.5. The summed E-state index contributed by atoms with van der Waals surface area (Å²) in [4.78, 5) is 38.9. The Bertz CT molecular complexity index is 1530. The molecular weight excluding hydrogens is 448 g/mol. The lowest BCUT2D eigenvalue weighted by Gasteiger charge is -2.15. The van der Waals surface area contributed by atoms with E-state index in [-0.39, 0.29) is 28.3 Å². The molecule has 0 unspecified atom stereocenters. The molecule has 0 fully saturated rings. The van der Waals surface area contributed by atoms with Gasteiger partial charge in [-0.15, -0.1) is 0 Å². The maximum Gasteiger partial charge on any atom is 0.342 e. The minimum absolute atomic E-state index is 0.0961. The first-order chi connectivity index (χ1) is 16.9. The number of hydrogen-bond donors (Lipinski definition) is 1. The number of nitrogens with one attached hydrogen (secondary N) is 1. The highest BCUT2D eigenvalue weighted by Crippen LogP contribution is 2.33. The number of amides is 1. The third-order valence-corrected chi connectivity index (χ3v) is 5.39. The number of aromatic nitrogens is 2. The summed E-state index contributed by atoms with van der Waals surface area (Å²) in [7, 11) is 2.62. The number of hydrogen-bond acceptors (Lipinski definition) is 7. The molecule has 0 aliphatic rings. The Morgan fingerprint density at radius 2 is 1.63 bits per heavy atom. The average molecular weight is 468 g/mol. The van der Waals surface area contributed by atoms with Crippen molar-refractivity contribution < 1.29 is 18.7 Å². The molecule has 0 saturated carbocycles. The smallest absolute Gasteiger partial charge is 0.342 e. The van der Waals surface area contributed by atoms with Gasteiger partial charge in [-0.05, 0) is 12.5 Å². The molecule has 0 spiro atoms. The molecule has 35 heavy (non-hydrogen) atoms. The van der Waals surface area contributed by atoms with Gasteiger partial charge in [0.1, 0.15) is 28.5 Å². The molecule has 0 atom stereocenters. The molecule has 2 aromatic heterocycles. The SMILES string of the molecule is COC(=O)c1c(C)oc(NC(=O)c2c(-c3ccccc3)c(-c3ccccc3)nn(C)c2=O)c1C#N. The Morgan fingerprint density at radius 1 is 1.03 bits per heavy atom. The van der Waals surface area contributed by atoms with Gasteiger partial charge in [0.05, 0.1) is 12.8 Å². The van der Waals surface area contributed by atoms with Gasteiger partial charge in [0.15, 0.2) is 0 Å². The molecule has 2 aromatic carbocycles. The molecule has 9 nitrogen and oxygen atoms in total. The Kier molecular flexibility index (Phi) is 6.29. The summed E-state index contributed by atoms with van der Waals surface area (Å²) < 4.78 is 11.3. The van der Waals surface area contributed by atoms with Crippen molar-refractivity contribution >= 4 is 17.8 Å². The molecule has 0 aliphatic carbocycles. The summed E-state index contributed by atoms with van der Waals surface area (Å²) in [6.45, 7) is 1.47. The molecule has 4 aromatic rings. The van der Waals surface area contributed by atoms with Gasteiger partial charge >= 0.3 is 5.97 Å². The number of furan rings is 1. The molecular formula is C26H20N4O5. The van der Waals surface area contributed by atoms with Crippen LogP contribution in [0.15, 0.2) is 69.9 Å². The van der Waals surface area contributed by atoms with Crippen LogP contribution >= 0.6 is 0 Å².